The molecule has 0 amide bonds. The molecule has 0 radical (unpaired) electrons. The average molecular weight is 464 g/mol. The van der Waals surface area contributed by atoms with E-state index in [-0.39, 0.29) is 0 Å². The van der Waals surface area contributed by atoms with E-state index in [0.717, 1.165) is 0 Å². The molecule has 0 atom stereocenters. The zero-order valence-corrected chi connectivity index (χ0v) is 19.9. The van der Waals surface area contributed by atoms with Crippen molar-refractivity contribution in [2.75, 3.05) is 0 Å². The Balaban J connectivity index is 1.23. The fourth-order valence-electron chi connectivity index (χ4n) is 11.6. The first-order valence-corrected chi connectivity index (χ1v) is 14.2. The smallest absolute Gasteiger partial charge is 0.0000000000000000178 e. The number of benzene rings is 14. The normalized spacial score (nSPS) is 23.3. The summed E-state index contributed by atoms with van der Waals surface area (Å²) in [5.74, 6) is 0.449. The van der Waals surface area contributed by atoms with E-state index in [0.29, 0.717) is 5.92 Å². The molecule has 0 heterocycles. The van der Waals surface area contributed by atoms with Crippen molar-refractivity contribution in [1.82, 2.24) is 0 Å². The monoisotopic (exact) mass is 464 g/mol. The van der Waals surface area contributed by atoms with Gasteiger partial charge in [-0.05, 0) is 178 Å². The lowest BCUT2D eigenvalue weighted by Gasteiger charge is -2.42. The summed E-state index contributed by atoms with van der Waals surface area (Å²) in [6, 6.07) is 0. The van der Waals surface area contributed by atoms with E-state index in [1.54, 1.807) is 151 Å². The Bertz CT molecular complexity index is 3540. The SMILES string of the molecule is CC1\C=c2/c3c4c2c2c4c4c2c2c4c4c2c2c4c4c2c2c5c6c7c8c9c%10c(/c(c%10c9c8c7c6c5c42)=C\1)=C\C=3. The summed E-state index contributed by atoms with van der Waals surface area (Å²) in [6.45, 7) is 2.39. The largest absolute Gasteiger partial charge is 0.0693 e. The second-order valence-corrected chi connectivity index (χ2v) is 13.7. The third-order valence-corrected chi connectivity index (χ3v) is 12.9. The Kier molecular flexibility index (Phi) is 1.23. The quantitative estimate of drug-likeness (QED) is 0.209. The molecule has 0 aliphatic heterocycles. The fraction of sp³-hybridized carbons (Fsp3) is 0.0526. The first-order chi connectivity index (χ1) is 18.9. The summed E-state index contributed by atoms with van der Waals surface area (Å²) in [4.78, 5) is 0. The number of rotatable bonds is 0. The average Bonchev–Trinajstić information content (AvgIpc) is 2.88. The zero-order valence-electron chi connectivity index (χ0n) is 19.9. The van der Waals surface area contributed by atoms with Crippen LogP contribution in [0.4, 0.5) is 0 Å². The van der Waals surface area contributed by atoms with Gasteiger partial charge in [0.15, 0.2) is 0 Å². The molecule has 38 heavy (non-hydrogen) atoms. The number of fused-ring (bicyclic) bond motifs is 46. The molecule has 0 fully saturated rings. The molecule has 15 aromatic carbocycles. The molecular weight excluding hydrogens is 456 g/mol. The third-order valence-electron chi connectivity index (χ3n) is 12.9. The molecule has 0 spiro atoms. The minimum Gasteiger partial charge on any atom is -0.0693 e. The van der Waals surface area contributed by atoms with Gasteiger partial charge in [0.25, 0.3) is 0 Å². The van der Waals surface area contributed by atoms with Crippen molar-refractivity contribution >= 4 is 175 Å². The molecule has 0 bridgehead atoms. The van der Waals surface area contributed by atoms with Crippen LogP contribution in [0.5, 0.6) is 0 Å². The van der Waals surface area contributed by atoms with Gasteiger partial charge in [0.1, 0.15) is 0 Å². The summed E-state index contributed by atoms with van der Waals surface area (Å²) < 4.78 is 0. The molecule has 0 aromatic heterocycles. The zero-order chi connectivity index (χ0) is 22.9. The molecule has 16 rings (SSSR count). The van der Waals surface area contributed by atoms with Crippen LogP contribution in [-0.4, -0.2) is 0 Å². The van der Waals surface area contributed by atoms with Gasteiger partial charge in [0, 0.05) is 0 Å². The van der Waals surface area contributed by atoms with Gasteiger partial charge < -0.3 is 0 Å². The van der Waals surface area contributed by atoms with Crippen LogP contribution in [0, 0.1) is 5.92 Å². The van der Waals surface area contributed by atoms with Crippen LogP contribution in [0.2, 0.25) is 0 Å². The lowest BCUT2D eigenvalue weighted by Crippen LogP contribution is -2.37. The summed E-state index contributed by atoms with van der Waals surface area (Å²) in [5, 5.41) is 51.8. The maximum absolute atomic E-state index is 2.56. The molecule has 0 unspecified atom stereocenters. The highest BCUT2D eigenvalue weighted by Crippen LogP contribution is 2.74. The standard InChI is InChI=1S/C38H8/c1-6-4-9-7-2-3-8-10(5-6)14-12(8)16-18(14)22-20(16)24-26(22)30-28(24)32-34(30)38-35-31-27-23-19-15-11(7)13(9)17(15)21(19)25(23)29(27)33(31)37(35)36(32)38/h2-6H,1H3/b7-2-,8-3-,9-4+,10-5+. The summed E-state index contributed by atoms with van der Waals surface area (Å²) in [5.41, 5.74) is 0. The molecule has 0 heteroatoms. The van der Waals surface area contributed by atoms with Crippen molar-refractivity contribution in [1.29, 1.82) is 0 Å². The van der Waals surface area contributed by atoms with Crippen LogP contribution >= 0.6 is 0 Å². The van der Waals surface area contributed by atoms with E-state index in [9.17, 15) is 0 Å². The lowest BCUT2D eigenvalue weighted by molar-refractivity contribution is 1.05. The molecule has 1 aliphatic rings. The highest BCUT2D eigenvalue weighted by molar-refractivity contribution is 6.79. The van der Waals surface area contributed by atoms with E-state index in [1.807, 2.05) is 0 Å². The minimum absolute atomic E-state index is 0.449. The van der Waals surface area contributed by atoms with Crippen LogP contribution in [0.1, 0.15) is 6.92 Å². The van der Waals surface area contributed by atoms with Crippen molar-refractivity contribution in [2.24, 2.45) is 5.92 Å². The highest BCUT2D eigenvalue weighted by atomic mass is 14.5. The van der Waals surface area contributed by atoms with E-state index in [2.05, 4.69) is 31.2 Å². The van der Waals surface area contributed by atoms with Crippen LogP contribution in [-0.2, 0) is 0 Å². The van der Waals surface area contributed by atoms with Crippen molar-refractivity contribution in [2.45, 2.75) is 6.92 Å². The van der Waals surface area contributed by atoms with E-state index < -0.39 is 0 Å². The van der Waals surface area contributed by atoms with Crippen LogP contribution in [0.25, 0.3) is 175 Å². The predicted octanol–water partition coefficient (Wildman–Crippen LogP) is 7.18. The predicted molar refractivity (Wildman–Crippen MR) is 165 cm³/mol. The van der Waals surface area contributed by atoms with Gasteiger partial charge in [-0.1, -0.05) is 31.2 Å². The van der Waals surface area contributed by atoms with Gasteiger partial charge >= 0.3 is 0 Å². The molecule has 15 aromatic rings. The molecule has 160 valence electrons. The fourth-order valence-corrected chi connectivity index (χ4v) is 11.6. The number of hydrogen-bond donors (Lipinski definition) is 0. The Hall–Kier alpha value is -4.68. The van der Waals surface area contributed by atoms with E-state index in [4.69, 9.17) is 0 Å². The molecule has 0 nitrogen and oxygen atoms in total. The Morgan fingerprint density at radius 1 is 0.263 bits per heavy atom. The van der Waals surface area contributed by atoms with E-state index in [1.165, 1.54) is 20.9 Å². The molecule has 0 saturated carbocycles. The third kappa shape index (κ3) is 0.778. The van der Waals surface area contributed by atoms with Crippen LogP contribution in [0.3, 0.4) is 0 Å². The first-order valence-electron chi connectivity index (χ1n) is 14.2. The van der Waals surface area contributed by atoms with Crippen LogP contribution < -0.4 is 20.9 Å². The molecule has 1 aliphatic carbocycles. The molecule has 0 N–H and O–H groups in total. The van der Waals surface area contributed by atoms with Gasteiger partial charge in [-0.2, -0.15) is 0 Å². The maximum Gasteiger partial charge on any atom is -0.0000000000000000178 e. The van der Waals surface area contributed by atoms with Gasteiger partial charge in [-0.25, -0.2) is 0 Å². The Morgan fingerprint density at radius 2 is 0.447 bits per heavy atom. The van der Waals surface area contributed by atoms with Gasteiger partial charge in [-0.3, -0.25) is 0 Å². The maximum atomic E-state index is 2.56. The first kappa shape index (κ1) is 14.3. The number of hydrogen-bond acceptors (Lipinski definition) is 0. The summed E-state index contributed by atoms with van der Waals surface area (Å²) in [7, 11) is 0. The second-order valence-electron chi connectivity index (χ2n) is 13.7. The van der Waals surface area contributed by atoms with Crippen molar-refractivity contribution in [3.8, 4) is 0 Å². The summed E-state index contributed by atoms with van der Waals surface area (Å²) in [6.07, 6.45) is 10.1. The highest BCUT2D eigenvalue weighted by Gasteiger charge is 2.45. The second kappa shape index (κ2) is 3.28. The van der Waals surface area contributed by atoms with Crippen molar-refractivity contribution in [3.63, 3.8) is 0 Å². The summed E-state index contributed by atoms with van der Waals surface area (Å²) >= 11 is 0. The topological polar surface area (TPSA) is 0 Å². The lowest BCUT2D eigenvalue weighted by atomic mass is 9.59. The van der Waals surface area contributed by atoms with Gasteiger partial charge in [0.2, 0.25) is 0 Å². The van der Waals surface area contributed by atoms with Gasteiger partial charge in [0.05, 0.1) is 0 Å². The van der Waals surface area contributed by atoms with E-state index >= 15 is 0 Å². The van der Waals surface area contributed by atoms with Gasteiger partial charge in [-0.15, -0.1) is 0 Å². The molecule has 0 saturated heterocycles. The Morgan fingerprint density at radius 3 is 0.684 bits per heavy atom. The molecular formula is C38H8. The Labute approximate surface area is 208 Å². The minimum atomic E-state index is 0.449. The van der Waals surface area contributed by atoms with Crippen molar-refractivity contribution in [3.05, 3.63) is 20.9 Å². The van der Waals surface area contributed by atoms with Crippen LogP contribution in [0.15, 0.2) is 0 Å². The van der Waals surface area contributed by atoms with Crippen molar-refractivity contribution < 1.29 is 0 Å².